The summed E-state index contributed by atoms with van der Waals surface area (Å²) >= 11 is 0. The highest BCUT2D eigenvalue weighted by Gasteiger charge is 2.46. The second-order valence-corrected chi connectivity index (χ2v) is 5.00. The lowest BCUT2D eigenvalue weighted by molar-refractivity contribution is -0.105. The van der Waals surface area contributed by atoms with Crippen molar-refractivity contribution in [3.63, 3.8) is 0 Å². The van der Waals surface area contributed by atoms with E-state index in [1.165, 1.54) is 0 Å². The van der Waals surface area contributed by atoms with Gasteiger partial charge >= 0.3 is 0 Å². The van der Waals surface area contributed by atoms with Crippen LogP contribution in [-0.4, -0.2) is 23.8 Å². The minimum absolute atomic E-state index is 0.287. The van der Waals surface area contributed by atoms with Gasteiger partial charge in [-0.2, -0.15) is 0 Å². The van der Waals surface area contributed by atoms with Gasteiger partial charge in [-0.25, -0.2) is 0 Å². The maximum absolute atomic E-state index is 10.9. The molecule has 2 rings (SSSR count). The van der Waals surface area contributed by atoms with E-state index in [0.717, 1.165) is 19.5 Å². The number of allylic oxidation sites excluding steroid dienone is 3. The van der Waals surface area contributed by atoms with Crippen LogP contribution in [0.3, 0.4) is 0 Å². The number of hydrogen-bond donors (Lipinski definition) is 2. The molecule has 1 aliphatic heterocycles. The molecule has 2 aliphatic rings. The van der Waals surface area contributed by atoms with Crippen molar-refractivity contribution in [1.29, 1.82) is 0 Å². The minimum Gasteiger partial charge on any atom is -0.389 e. The smallest absolute Gasteiger partial charge is 0.0788 e. The van der Waals surface area contributed by atoms with Crippen molar-refractivity contribution in [2.45, 2.75) is 25.9 Å². The van der Waals surface area contributed by atoms with E-state index in [-0.39, 0.29) is 5.92 Å². The first-order valence-electron chi connectivity index (χ1n) is 5.92. The van der Waals surface area contributed by atoms with Gasteiger partial charge in [-0.05, 0) is 18.3 Å². The first-order valence-corrected chi connectivity index (χ1v) is 5.92. The Balaban J connectivity index is 2.21. The molecule has 2 N–H and O–H groups in total. The molecule has 84 valence electrons. The molecular weight excluding hydrogens is 186 g/mol. The molecule has 0 aromatic carbocycles. The summed E-state index contributed by atoms with van der Waals surface area (Å²) < 4.78 is 0. The van der Waals surface area contributed by atoms with Crippen molar-refractivity contribution in [3.8, 4) is 0 Å². The fraction of sp³-hybridized carbons (Fsp3) is 0.692. The predicted molar refractivity (Wildman–Crippen MR) is 62.5 cm³/mol. The first kappa shape index (κ1) is 10.9. The maximum atomic E-state index is 10.9. The summed E-state index contributed by atoms with van der Waals surface area (Å²) in [6.07, 6.45) is 9.42. The third kappa shape index (κ3) is 1.77. The highest BCUT2D eigenvalue weighted by molar-refractivity contribution is 5.17. The standard InChI is InChI=1S/C13H21NO/c1-10-8-14-9-11(2)13(10,15)12-6-4-3-5-7-12/h3-6,10-12,14-15H,7-9H2,1-2H3/t10-,11+,12?,13?. The van der Waals surface area contributed by atoms with Crippen LogP contribution in [-0.2, 0) is 0 Å². The molecule has 2 unspecified atom stereocenters. The maximum Gasteiger partial charge on any atom is 0.0788 e. The van der Waals surface area contributed by atoms with Crippen molar-refractivity contribution < 1.29 is 5.11 Å². The normalized spacial score (nSPS) is 45.7. The zero-order valence-corrected chi connectivity index (χ0v) is 9.61. The lowest BCUT2D eigenvalue weighted by atomic mass is 9.66. The van der Waals surface area contributed by atoms with E-state index < -0.39 is 5.60 Å². The summed E-state index contributed by atoms with van der Waals surface area (Å²) in [7, 11) is 0. The van der Waals surface area contributed by atoms with Crippen LogP contribution < -0.4 is 5.32 Å². The molecule has 15 heavy (non-hydrogen) atoms. The molecule has 1 heterocycles. The average Bonchev–Trinajstić information content (AvgIpc) is 2.27. The Morgan fingerprint density at radius 2 is 1.87 bits per heavy atom. The molecule has 1 fully saturated rings. The van der Waals surface area contributed by atoms with Gasteiger partial charge in [-0.3, -0.25) is 0 Å². The van der Waals surface area contributed by atoms with E-state index in [1.54, 1.807) is 0 Å². The van der Waals surface area contributed by atoms with Crippen LogP contribution in [0.4, 0.5) is 0 Å². The molecule has 1 aliphatic carbocycles. The number of aliphatic hydroxyl groups is 1. The van der Waals surface area contributed by atoms with E-state index >= 15 is 0 Å². The SMILES string of the molecule is C[C@@H]1CNC[C@H](C)C1(O)C1C=CC=CC1. The molecule has 0 spiro atoms. The van der Waals surface area contributed by atoms with Crippen LogP contribution in [0.15, 0.2) is 24.3 Å². The van der Waals surface area contributed by atoms with E-state index in [1.807, 2.05) is 0 Å². The van der Waals surface area contributed by atoms with Gasteiger partial charge in [0.2, 0.25) is 0 Å². The van der Waals surface area contributed by atoms with Crippen LogP contribution in [0.2, 0.25) is 0 Å². The Kier molecular flexibility index (Phi) is 2.98. The third-order valence-corrected chi connectivity index (χ3v) is 4.05. The Morgan fingerprint density at radius 1 is 1.20 bits per heavy atom. The van der Waals surface area contributed by atoms with Crippen LogP contribution >= 0.6 is 0 Å². The van der Waals surface area contributed by atoms with Crippen molar-refractivity contribution in [2.75, 3.05) is 13.1 Å². The first-order chi connectivity index (χ1) is 7.15. The Labute approximate surface area is 92.1 Å². The molecule has 0 aromatic heterocycles. The van der Waals surface area contributed by atoms with Crippen molar-refractivity contribution in [1.82, 2.24) is 5.32 Å². The largest absolute Gasteiger partial charge is 0.389 e. The highest BCUT2D eigenvalue weighted by Crippen LogP contribution is 2.39. The fourth-order valence-corrected chi connectivity index (χ4v) is 2.98. The Hall–Kier alpha value is -0.600. The second-order valence-electron chi connectivity index (χ2n) is 5.00. The molecule has 4 atom stereocenters. The summed E-state index contributed by atoms with van der Waals surface area (Å²) in [5, 5.41) is 14.3. The predicted octanol–water partition coefficient (Wildman–Crippen LogP) is 1.73. The number of hydrogen-bond acceptors (Lipinski definition) is 2. The molecule has 0 bridgehead atoms. The lowest BCUT2D eigenvalue weighted by Crippen LogP contribution is -2.58. The van der Waals surface area contributed by atoms with Crippen LogP contribution in [0.1, 0.15) is 20.3 Å². The lowest BCUT2D eigenvalue weighted by Gasteiger charge is -2.48. The minimum atomic E-state index is -0.535. The topological polar surface area (TPSA) is 32.3 Å². The molecule has 0 saturated carbocycles. The number of nitrogens with one attached hydrogen (secondary N) is 1. The van der Waals surface area contributed by atoms with Crippen LogP contribution in [0, 0.1) is 17.8 Å². The van der Waals surface area contributed by atoms with Gasteiger partial charge in [0.15, 0.2) is 0 Å². The molecule has 2 heteroatoms. The van der Waals surface area contributed by atoms with Gasteiger partial charge in [0, 0.05) is 19.0 Å². The summed E-state index contributed by atoms with van der Waals surface area (Å²) in [5.74, 6) is 0.930. The van der Waals surface area contributed by atoms with Crippen LogP contribution in [0.25, 0.3) is 0 Å². The third-order valence-electron chi connectivity index (χ3n) is 4.05. The van der Waals surface area contributed by atoms with Gasteiger partial charge in [0.1, 0.15) is 0 Å². The highest BCUT2D eigenvalue weighted by atomic mass is 16.3. The van der Waals surface area contributed by atoms with Gasteiger partial charge in [0.05, 0.1) is 5.60 Å². The molecule has 0 radical (unpaired) electrons. The summed E-state index contributed by atoms with van der Waals surface area (Å²) in [5.41, 5.74) is -0.535. The molecule has 2 nitrogen and oxygen atoms in total. The summed E-state index contributed by atoms with van der Waals surface area (Å²) in [6, 6.07) is 0. The monoisotopic (exact) mass is 207 g/mol. The Bertz CT molecular complexity index is 272. The number of rotatable bonds is 1. The molecule has 0 amide bonds. The van der Waals surface area contributed by atoms with Gasteiger partial charge in [-0.15, -0.1) is 0 Å². The number of piperidine rings is 1. The van der Waals surface area contributed by atoms with Crippen LogP contribution in [0.5, 0.6) is 0 Å². The van der Waals surface area contributed by atoms with Gasteiger partial charge in [0.25, 0.3) is 0 Å². The van der Waals surface area contributed by atoms with Gasteiger partial charge < -0.3 is 10.4 Å². The van der Waals surface area contributed by atoms with Gasteiger partial charge in [-0.1, -0.05) is 38.2 Å². The van der Waals surface area contributed by atoms with E-state index in [9.17, 15) is 5.11 Å². The summed E-state index contributed by atoms with van der Waals surface area (Å²) in [4.78, 5) is 0. The average molecular weight is 207 g/mol. The Morgan fingerprint density at radius 3 is 2.40 bits per heavy atom. The van der Waals surface area contributed by atoms with Crippen molar-refractivity contribution in [3.05, 3.63) is 24.3 Å². The molecule has 0 aromatic rings. The zero-order valence-electron chi connectivity index (χ0n) is 9.61. The van der Waals surface area contributed by atoms with Crippen molar-refractivity contribution >= 4 is 0 Å². The van der Waals surface area contributed by atoms with E-state index in [4.69, 9.17) is 0 Å². The quantitative estimate of drug-likeness (QED) is 0.686. The van der Waals surface area contributed by atoms with E-state index in [0.29, 0.717) is 11.8 Å². The molecular formula is C13H21NO. The second kappa shape index (κ2) is 4.11. The molecule has 1 saturated heterocycles. The fourth-order valence-electron chi connectivity index (χ4n) is 2.98. The zero-order chi connectivity index (χ0) is 10.9. The van der Waals surface area contributed by atoms with Crippen molar-refractivity contribution in [2.24, 2.45) is 17.8 Å². The van der Waals surface area contributed by atoms with E-state index in [2.05, 4.69) is 43.5 Å². The summed E-state index contributed by atoms with van der Waals surface area (Å²) in [6.45, 7) is 6.15.